The van der Waals surface area contributed by atoms with Gasteiger partial charge in [-0.25, -0.2) is 4.79 Å². The summed E-state index contributed by atoms with van der Waals surface area (Å²) in [5.74, 6) is 0. The van der Waals surface area contributed by atoms with Gasteiger partial charge in [-0.05, 0) is 39.1 Å². The number of hydrogen-bond acceptors (Lipinski definition) is 2. The third-order valence-corrected chi connectivity index (χ3v) is 5.21. The van der Waals surface area contributed by atoms with Crippen LogP contribution in [-0.2, 0) is 6.54 Å². The van der Waals surface area contributed by atoms with Crippen molar-refractivity contribution >= 4 is 27.6 Å². The van der Waals surface area contributed by atoms with Crippen LogP contribution in [0.25, 0.3) is 21.5 Å². The molecule has 1 unspecified atom stereocenters. The lowest BCUT2D eigenvalue weighted by molar-refractivity contribution is 0.168. The second-order valence-corrected chi connectivity index (χ2v) is 7.12. The summed E-state index contributed by atoms with van der Waals surface area (Å²) in [5, 5.41) is 20.8. The summed E-state index contributed by atoms with van der Waals surface area (Å²) >= 11 is 0. The van der Waals surface area contributed by atoms with Crippen LogP contribution in [-0.4, -0.2) is 17.7 Å². The Balaban J connectivity index is 1.31. The molecule has 4 aromatic rings. The van der Waals surface area contributed by atoms with E-state index in [9.17, 15) is 9.90 Å². The summed E-state index contributed by atoms with van der Waals surface area (Å²) in [7, 11) is 0. The second kappa shape index (κ2) is 8.76. The Morgan fingerprint density at radius 1 is 0.759 bits per heavy atom. The van der Waals surface area contributed by atoms with Gasteiger partial charge in [0.25, 0.3) is 0 Å². The minimum atomic E-state index is -0.625. The fraction of sp³-hybridized carbons (Fsp3) is 0.160. The van der Waals surface area contributed by atoms with Crippen molar-refractivity contribution in [1.29, 1.82) is 0 Å². The zero-order valence-electron chi connectivity index (χ0n) is 16.1. The smallest absolute Gasteiger partial charge is 0.315 e. The Hall–Kier alpha value is -3.37. The summed E-state index contributed by atoms with van der Waals surface area (Å²) in [6.07, 6.45) is -0.171. The Labute approximate surface area is 170 Å². The highest BCUT2D eigenvalue weighted by Crippen LogP contribution is 2.25. The highest BCUT2D eigenvalue weighted by molar-refractivity contribution is 5.87. The monoisotopic (exact) mass is 384 g/mol. The Morgan fingerprint density at radius 2 is 1.38 bits per heavy atom. The van der Waals surface area contributed by atoms with Gasteiger partial charge in [0.15, 0.2) is 0 Å². The quantitative estimate of drug-likeness (QED) is 0.442. The van der Waals surface area contributed by atoms with Crippen molar-refractivity contribution in [3.05, 3.63) is 96.1 Å². The summed E-state index contributed by atoms with van der Waals surface area (Å²) in [5.41, 5.74) is 1.97. The van der Waals surface area contributed by atoms with Gasteiger partial charge in [0.2, 0.25) is 0 Å². The van der Waals surface area contributed by atoms with Crippen LogP contribution in [0.5, 0.6) is 0 Å². The second-order valence-electron chi connectivity index (χ2n) is 7.12. The molecule has 3 N–H and O–H groups in total. The van der Waals surface area contributed by atoms with Crippen molar-refractivity contribution in [1.82, 2.24) is 10.6 Å². The van der Waals surface area contributed by atoms with Crippen molar-refractivity contribution in [2.24, 2.45) is 0 Å². The number of rotatable bonds is 6. The maximum absolute atomic E-state index is 12.2. The Kier molecular flexibility index (Phi) is 5.73. The van der Waals surface area contributed by atoms with Gasteiger partial charge in [0.05, 0.1) is 6.10 Å². The van der Waals surface area contributed by atoms with Crippen LogP contribution in [0.2, 0.25) is 0 Å². The lowest BCUT2D eigenvalue weighted by atomic mass is 9.99. The number of carbonyl (C=O) groups excluding carboxylic acids is 1. The lowest BCUT2D eigenvalue weighted by Crippen LogP contribution is -2.36. The van der Waals surface area contributed by atoms with Gasteiger partial charge in [-0.1, -0.05) is 84.9 Å². The van der Waals surface area contributed by atoms with E-state index in [1.165, 1.54) is 0 Å². The molecule has 0 aliphatic rings. The highest BCUT2D eigenvalue weighted by Gasteiger charge is 2.11. The predicted molar refractivity (Wildman–Crippen MR) is 118 cm³/mol. The molecule has 0 bridgehead atoms. The maximum atomic E-state index is 12.2. The fourth-order valence-electron chi connectivity index (χ4n) is 3.70. The molecule has 4 rings (SSSR count). The number of nitrogens with one attached hydrogen (secondary N) is 2. The van der Waals surface area contributed by atoms with E-state index >= 15 is 0 Å². The van der Waals surface area contributed by atoms with E-state index in [4.69, 9.17) is 0 Å². The van der Waals surface area contributed by atoms with Gasteiger partial charge in [-0.3, -0.25) is 0 Å². The highest BCUT2D eigenvalue weighted by atomic mass is 16.3. The van der Waals surface area contributed by atoms with Crippen LogP contribution < -0.4 is 10.6 Å². The summed E-state index contributed by atoms with van der Waals surface area (Å²) in [6, 6.07) is 27.9. The first-order valence-corrected chi connectivity index (χ1v) is 9.86. The average molecular weight is 384 g/mol. The summed E-state index contributed by atoms with van der Waals surface area (Å²) in [4.78, 5) is 12.2. The van der Waals surface area contributed by atoms with Crippen LogP contribution in [0.3, 0.4) is 0 Å². The number of benzene rings is 4. The van der Waals surface area contributed by atoms with Gasteiger partial charge in [0, 0.05) is 13.1 Å². The normalized spacial score (nSPS) is 12.0. The number of urea groups is 1. The minimum absolute atomic E-state index is 0.233. The van der Waals surface area contributed by atoms with Gasteiger partial charge >= 0.3 is 6.03 Å². The molecule has 29 heavy (non-hydrogen) atoms. The molecule has 0 saturated heterocycles. The molecule has 0 aliphatic heterocycles. The van der Waals surface area contributed by atoms with Crippen LogP contribution in [0.1, 0.15) is 23.7 Å². The van der Waals surface area contributed by atoms with Crippen LogP contribution in [0.4, 0.5) is 4.79 Å². The summed E-state index contributed by atoms with van der Waals surface area (Å²) in [6.45, 7) is 0.852. The van der Waals surface area contributed by atoms with E-state index in [1.807, 2.05) is 66.7 Å². The first-order valence-electron chi connectivity index (χ1n) is 9.86. The fourth-order valence-corrected chi connectivity index (χ4v) is 3.70. The number of carbonyl (C=O) groups is 1. The predicted octanol–water partition coefficient (Wildman–Crippen LogP) is 4.92. The standard InChI is InChI=1S/C25H24N2O2/c28-24(23-14-6-10-19-8-2-4-13-22(19)23)15-16-26-25(29)27-17-20-11-5-9-18-7-1-3-12-21(18)20/h1-14,24,28H,15-17H2,(H2,26,27,29). The van der Waals surface area contributed by atoms with E-state index in [-0.39, 0.29) is 6.03 Å². The lowest BCUT2D eigenvalue weighted by Gasteiger charge is -2.15. The van der Waals surface area contributed by atoms with Crippen LogP contribution in [0, 0.1) is 0 Å². The molecule has 0 radical (unpaired) electrons. The zero-order valence-corrected chi connectivity index (χ0v) is 16.1. The molecule has 4 aromatic carbocycles. The SMILES string of the molecule is O=C(NCCC(O)c1cccc2ccccc12)NCc1cccc2ccccc12. The largest absolute Gasteiger partial charge is 0.388 e. The average Bonchev–Trinajstić information content (AvgIpc) is 2.77. The topological polar surface area (TPSA) is 61.4 Å². The molecule has 0 fully saturated rings. The van der Waals surface area contributed by atoms with Crippen molar-refractivity contribution < 1.29 is 9.90 Å². The van der Waals surface area contributed by atoms with Gasteiger partial charge < -0.3 is 15.7 Å². The minimum Gasteiger partial charge on any atom is -0.388 e. The van der Waals surface area contributed by atoms with Crippen LogP contribution >= 0.6 is 0 Å². The number of aliphatic hydroxyl groups is 1. The van der Waals surface area contributed by atoms with Crippen molar-refractivity contribution in [3.63, 3.8) is 0 Å². The van der Waals surface area contributed by atoms with E-state index in [0.717, 1.165) is 32.7 Å². The molecular formula is C25H24N2O2. The van der Waals surface area contributed by atoms with Crippen molar-refractivity contribution in [2.75, 3.05) is 6.54 Å². The van der Waals surface area contributed by atoms with E-state index in [1.54, 1.807) is 0 Å². The molecule has 1 atom stereocenters. The van der Waals surface area contributed by atoms with Gasteiger partial charge in [-0.2, -0.15) is 0 Å². The van der Waals surface area contributed by atoms with E-state index in [0.29, 0.717) is 19.5 Å². The maximum Gasteiger partial charge on any atom is 0.315 e. The third-order valence-electron chi connectivity index (χ3n) is 5.21. The van der Waals surface area contributed by atoms with Crippen LogP contribution in [0.15, 0.2) is 84.9 Å². The van der Waals surface area contributed by atoms with E-state index < -0.39 is 6.10 Å². The Bertz CT molecular complexity index is 1130. The molecule has 0 aromatic heterocycles. The van der Waals surface area contributed by atoms with Crippen molar-refractivity contribution in [2.45, 2.75) is 19.1 Å². The molecular weight excluding hydrogens is 360 g/mol. The molecule has 2 amide bonds. The molecule has 0 aliphatic carbocycles. The Morgan fingerprint density at radius 3 is 2.17 bits per heavy atom. The molecule has 146 valence electrons. The van der Waals surface area contributed by atoms with E-state index in [2.05, 4.69) is 28.8 Å². The molecule has 4 nitrogen and oxygen atoms in total. The van der Waals surface area contributed by atoms with Gasteiger partial charge in [-0.15, -0.1) is 0 Å². The third kappa shape index (κ3) is 4.39. The number of aliphatic hydroxyl groups excluding tert-OH is 1. The molecule has 0 spiro atoms. The first kappa shape index (κ1) is 19.0. The summed E-state index contributed by atoms with van der Waals surface area (Å²) < 4.78 is 0. The number of fused-ring (bicyclic) bond motifs is 2. The molecule has 4 heteroatoms. The molecule has 0 heterocycles. The first-order chi connectivity index (χ1) is 14.2. The van der Waals surface area contributed by atoms with Crippen molar-refractivity contribution in [3.8, 4) is 0 Å². The zero-order chi connectivity index (χ0) is 20.1. The van der Waals surface area contributed by atoms with Gasteiger partial charge in [0.1, 0.15) is 0 Å². The molecule has 0 saturated carbocycles. The number of amides is 2. The number of hydrogen-bond donors (Lipinski definition) is 3.